The van der Waals surface area contributed by atoms with Crippen LogP contribution in [0.25, 0.3) is 0 Å². The molecule has 0 amide bonds. The number of cyclic esters (lactones) is 2. The van der Waals surface area contributed by atoms with E-state index in [0.29, 0.717) is 17.3 Å². The Morgan fingerprint density at radius 1 is 0.750 bits per heavy atom. The van der Waals surface area contributed by atoms with Gasteiger partial charge in [-0.15, -0.1) is 0 Å². The highest BCUT2D eigenvalue weighted by Crippen LogP contribution is 2.74. The Labute approximate surface area is 271 Å². The first-order valence-electron chi connectivity index (χ1n) is 19.7. The number of rotatable bonds is 18. The minimum Gasteiger partial charge on any atom is -0.393 e. The summed E-state index contributed by atoms with van der Waals surface area (Å²) >= 11 is 0. The van der Waals surface area contributed by atoms with Crippen LogP contribution >= 0.6 is 0 Å². The van der Waals surface area contributed by atoms with Crippen LogP contribution in [-0.4, -0.2) is 11.9 Å². The molecule has 1 heterocycles. The van der Waals surface area contributed by atoms with Gasteiger partial charge in [0.15, 0.2) is 0 Å². The van der Waals surface area contributed by atoms with Crippen molar-refractivity contribution in [1.82, 2.24) is 0 Å². The molecule has 2 bridgehead atoms. The summed E-state index contributed by atoms with van der Waals surface area (Å²) in [5.74, 6) is 0.993. The summed E-state index contributed by atoms with van der Waals surface area (Å²) in [6.45, 7) is 12.1. The Kier molecular flexibility index (Phi) is 11.5. The molecule has 5 aliphatic carbocycles. The van der Waals surface area contributed by atoms with Gasteiger partial charge < -0.3 is 4.74 Å². The maximum atomic E-state index is 13.2. The van der Waals surface area contributed by atoms with Crippen molar-refractivity contribution in [2.45, 2.75) is 182 Å². The van der Waals surface area contributed by atoms with Gasteiger partial charge in [0.1, 0.15) is 0 Å². The van der Waals surface area contributed by atoms with E-state index < -0.39 is 0 Å². The van der Waals surface area contributed by atoms with Gasteiger partial charge >= 0.3 is 11.9 Å². The van der Waals surface area contributed by atoms with Gasteiger partial charge in [-0.2, -0.15) is 0 Å². The molecule has 3 saturated carbocycles. The maximum absolute atomic E-state index is 13.2. The fraction of sp³-hybridized carbons (Fsp3) is 0.902. The van der Waals surface area contributed by atoms with Crippen LogP contribution in [0, 0.1) is 51.8 Å². The number of esters is 2. The molecule has 3 nitrogen and oxygen atoms in total. The predicted octanol–water partition coefficient (Wildman–Crippen LogP) is 11.8. The molecule has 1 aliphatic heterocycles. The Bertz CT molecular complexity index is 1010. The minimum atomic E-state index is -0.229. The van der Waals surface area contributed by atoms with Crippen molar-refractivity contribution in [2.75, 3.05) is 0 Å². The summed E-state index contributed by atoms with van der Waals surface area (Å²) in [7, 11) is 0. The van der Waals surface area contributed by atoms with Gasteiger partial charge in [0.2, 0.25) is 0 Å². The molecule has 4 fully saturated rings. The van der Waals surface area contributed by atoms with E-state index in [1.54, 1.807) is 0 Å². The van der Waals surface area contributed by atoms with Gasteiger partial charge in [0.05, 0.1) is 11.8 Å². The summed E-state index contributed by atoms with van der Waals surface area (Å²) in [6.07, 6.45) is 34.1. The first kappa shape index (κ1) is 34.2. The molecule has 0 radical (unpaired) electrons. The summed E-state index contributed by atoms with van der Waals surface area (Å²) in [5, 5.41) is 0. The Hall–Kier alpha value is -1.12. The maximum Gasteiger partial charge on any atom is 0.318 e. The molecule has 0 N–H and O–H groups in total. The van der Waals surface area contributed by atoms with E-state index in [9.17, 15) is 9.59 Å². The summed E-state index contributed by atoms with van der Waals surface area (Å²) in [6, 6.07) is 0. The van der Waals surface area contributed by atoms with E-state index in [4.69, 9.17) is 4.74 Å². The molecule has 8 atom stereocenters. The molecule has 44 heavy (non-hydrogen) atoms. The standard InChI is InChI=1S/C41H68O3/c1-6-7-8-9-10-11-12-13-14-15-16-17-18-19-20-21-24-39(4)25-22-26-40(5)33(39)23-27-41-29-32(30(2)3)31(28-34(40)41)35-36(41)38(43)44-37(35)42/h29-31,33-36H,6-28H2,1-5H3. The number of ether oxygens (including phenoxy) is 1. The highest BCUT2D eigenvalue weighted by Gasteiger charge is 2.72. The third kappa shape index (κ3) is 6.65. The number of hydrogen-bond acceptors (Lipinski definition) is 3. The van der Waals surface area contributed by atoms with Gasteiger partial charge in [-0.3, -0.25) is 9.59 Å². The van der Waals surface area contributed by atoms with Crippen molar-refractivity contribution in [2.24, 2.45) is 51.8 Å². The van der Waals surface area contributed by atoms with Crippen LogP contribution in [0.1, 0.15) is 182 Å². The fourth-order valence-corrected chi connectivity index (χ4v) is 12.0. The van der Waals surface area contributed by atoms with E-state index >= 15 is 0 Å². The normalized spacial score (nSPS) is 37.5. The number of unbranched alkanes of at least 4 members (excludes halogenated alkanes) is 15. The van der Waals surface area contributed by atoms with Gasteiger partial charge in [0, 0.05) is 5.41 Å². The molecule has 0 aromatic rings. The third-order valence-corrected chi connectivity index (χ3v) is 14.1. The van der Waals surface area contributed by atoms with Crippen LogP contribution in [-0.2, 0) is 14.3 Å². The molecule has 1 saturated heterocycles. The van der Waals surface area contributed by atoms with Gasteiger partial charge in [-0.1, -0.05) is 155 Å². The molecule has 8 unspecified atom stereocenters. The zero-order valence-corrected chi connectivity index (χ0v) is 29.5. The van der Waals surface area contributed by atoms with E-state index in [1.165, 1.54) is 140 Å². The predicted molar refractivity (Wildman–Crippen MR) is 182 cm³/mol. The van der Waals surface area contributed by atoms with Gasteiger partial charge in [-0.05, 0) is 73.0 Å². The zero-order chi connectivity index (χ0) is 31.4. The Morgan fingerprint density at radius 3 is 1.89 bits per heavy atom. The van der Waals surface area contributed by atoms with E-state index in [-0.39, 0.29) is 40.5 Å². The van der Waals surface area contributed by atoms with Crippen molar-refractivity contribution < 1.29 is 14.3 Å². The van der Waals surface area contributed by atoms with Crippen molar-refractivity contribution >= 4 is 11.9 Å². The van der Waals surface area contributed by atoms with Crippen molar-refractivity contribution in [1.29, 1.82) is 0 Å². The van der Waals surface area contributed by atoms with Crippen LogP contribution in [0.5, 0.6) is 0 Å². The number of fused-ring (bicyclic) bond motifs is 1. The quantitative estimate of drug-likeness (QED) is 0.0673. The van der Waals surface area contributed by atoms with E-state index in [0.717, 1.165) is 18.8 Å². The van der Waals surface area contributed by atoms with Crippen LogP contribution in [0.3, 0.4) is 0 Å². The second-order valence-electron chi connectivity index (χ2n) is 17.2. The average Bonchev–Trinajstić information content (AvgIpc) is 3.31. The van der Waals surface area contributed by atoms with Crippen LogP contribution in [0.15, 0.2) is 11.6 Å². The molecule has 3 heteroatoms. The van der Waals surface area contributed by atoms with Crippen molar-refractivity contribution in [3.8, 4) is 0 Å². The van der Waals surface area contributed by atoms with Crippen molar-refractivity contribution in [3.63, 3.8) is 0 Å². The topological polar surface area (TPSA) is 43.4 Å². The Morgan fingerprint density at radius 2 is 1.32 bits per heavy atom. The van der Waals surface area contributed by atoms with Gasteiger partial charge in [0.25, 0.3) is 0 Å². The molecule has 0 aromatic heterocycles. The minimum absolute atomic E-state index is 0.167. The van der Waals surface area contributed by atoms with Crippen molar-refractivity contribution in [3.05, 3.63) is 11.6 Å². The second-order valence-corrected chi connectivity index (χ2v) is 17.2. The highest BCUT2D eigenvalue weighted by atomic mass is 16.6. The first-order valence-corrected chi connectivity index (χ1v) is 19.7. The molecular formula is C41H68O3. The summed E-state index contributed by atoms with van der Waals surface area (Å²) in [4.78, 5) is 26.2. The van der Waals surface area contributed by atoms with E-state index in [1.807, 2.05) is 0 Å². The fourth-order valence-electron chi connectivity index (χ4n) is 12.0. The zero-order valence-electron chi connectivity index (χ0n) is 29.5. The molecule has 6 aliphatic rings. The highest BCUT2D eigenvalue weighted by molar-refractivity contribution is 5.98. The molecular weight excluding hydrogens is 540 g/mol. The summed E-state index contributed by atoms with van der Waals surface area (Å²) < 4.78 is 5.40. The molecule has 6 rings (SSSR count). The SMILES string of the molecule is CCCCCCCCCCCCCCCCCCC1(C)CCCC2(C)C1CCC13C=C(C(C)C)C(CC21)C1C(=O)OC(=O)C13. The average molecular weight is 609 g/mol. The smallest absolute Gasteiger partial charge is 0.318 e. The lowest BCUT2D eigenvalue weighted by Crippen LogP contribution is -2.64. The molecule has 1 spiro atoms. The lowest BCUT2D eigenvalue weighted by atomic mass is 9.34. The van der Waals surface area contributed by atoms with Crippen LogP contribution < -0.4 is 0 Å². The van der Waals surface area contributed by atoms with Gasteiger partial charge in [-0.25, -0.2) is 0 Å². The first-order chi connectivity index (χ1) is 21.2. The number of allylic oxidation sites excluding steroid dienone is 2. The number of carbonyl (C=O) groups excluding carboxylic acids is 2. The van der Waals surface area contributed by atoms with Crippen LogP contribution in [0.4, 0.5) is 0 Å². The molecule has 0 aromatic carbocycles. The van der Waals surface area contributed by atoms with Crippen LogP contribution in [0.2, 0.25) is 0 Å². The second kappa shape index (κ2) is 14.8. The monoisotopic (exact) mass is 609 g/mol. The lowest BCUT2D eigenvalue weighted by molar-refractivity contribution is -0.184. The largest absolute Gasteiger partial charge is 0.393 e. The molecule has 250 valence electrons. The number of carbonyl (C=O) groups is 2. The lowest BCUT2D eigenvalue weighted by Gasteiger charge is -2.68. The van der Waals surface area contributed by atoms with E-state index in [2.05, 4.69) is 40.7 Å². The number of hydrogen-bond donors (Lipinski definition) is 0. The summed E-state index contributed by atoms with van der Waals surface area (Å²) in [5.41, 5.74) is 1.95. The third-order valence-electron chi connectivity index (χ3n) is 14.1. The Balaban J connectivity index is 1.07.